The Morgan fingerprint density at radius 1 is 1.30 bits per heavy atom. The molecule has 1 aromatic heterocycles. The average molecular weight is 384 g/mol. The van der Waals surface area contributed by atoms with Gasteiger partial charge in [0.05, 0.1) is 17.9 Å². The molecule has 1 aromatic rings. The normalized spacial score (nSPS) is 21.4. The van der Waals surface area contributed by atoms with Crippen LogP contribution in [0.5, 0.6) is 0 Å². The third-order valence-corrected chi connectivity index (χ3v) is 4.60. The minimum Gasteiger partial charge on any atom is -1.00 e. The van der Waals surface area contributed by atoms with E-state index >= 15 is 0 Å². The van der Waals surface area contributed by atoms with E-state index in [1.807, 2.05) is 24.3 Å². The van der Waals surface area contributed by atoms with Gasteiger partial charge in [-0.15, -0.1) is 0 Å². The van der Waals surface area contributed by atoms with Crippen LogP contribution >= 0.6 is 0 Å². The van der Waals surface area contributed by atoms with Gasteiger partial charge in [-0.3, -0.25) is 4.98 Å². The third-order valence-electron chi connectivity index (χ3n) is 4.60. The SMILES string of the molecule is CCCCC/C=C/CC(O)/C=C/c1cccc(CC2CCCC(O)O2)n1.[H-].[Na+]. The minimum absolute atomic E-state index is 0. The van der Waals surface area contributed by atoms with Crippen molar-refractivity contribution in [1.82, 2.24) is 4.98 Å². The topological polar surface area (TPSA) is 62.6 Å². The smallest absolute Gasteiger partial charge is 1.00 e. The number of hydrogen-bond acceptors (Lipinski definition) is 4. The summed E-state index contributed by atoms with van der Waals surface area (Å²) in [4.78, 5) is 4.62. The Labute approximate surface area is 187 Å². The van der Waals surface area contributed by atoms with Gasteiger partial charge in [-0.1, -0.05) is 44.1 Å². The van der Waals surface area contributed by atoms with E-state index in [1.165, 1.54) is 19.3 Å². The van der Waals surface area contributed by atoms with E-state index in [-0.39, 0.29) is 37.1 Å². The standard InChI is InChI=1S/C22H33NO3.Na.H/c1-2-3-4-5-6-7-12-20(24)16-15-18-10-8-11-19(23-18)17-21-13-9-14-22(25)26-21;;/h6-8,10-11,15-16,20-22,24-25H,2-5,9,12-14,17H2,1H3;;/q;+1;-1/b7-6+,16-15+;;. The number of nitrogens with zero attached hydrogens (tertiary/aromatic N) is 1. The number of rotatable bonds is 10. The van der Waals surface area contributed by atoms with E-state index in [4.69, 9.17) is 4.74 Å². The Morgan fingerprint density at radius 3 is 2.93 bits per heavy atom. The summed E-state index contributed by atoms with van der Waals surface area (Å²) >= 11 is 0. The van der Waals surface area contributed by atoms with Gasteiger partial charge in [-0.25, -0.2) is 0 Å². The fraction of sp³-hybridized carbons (Fsp3) is 0.591. The number of pyridine rings is 1. The monoisotopic (exact) mass is 383 g/mol. The number of aliphatic hydroxyl groups is 2. The van der Waals surface area contributed by atoms with Gasteiger partial charge in [0.15, 0.2) is 6.29 Å². The summed E-state index contributed by atoms with van der Waals surface area (Å²) in [5, 5.41) is 19.7. The van der Waals surface area contributed by atoms with Crippen molar-refractivity contribution in [2.45, 2.75) is 83.2 Å². The van der Waals surface area contributed by atoms with Crippen LogP contribution in [0.2, 0.25) is 0 Å². The third kappa shape index (κ3) is 10.6. The quantitative estimate of drug-likeness (QED) is 0.365. The molecule has 146 valence electrons. The van der Waals surface area contributed by atoms with Crippen LogP contribution in [0.3, 0.4) is 0 Å². The van der Waals surface area contributed by atoms with E-state index in [9.17, 15) is 10.2 Å². The molecule has 2 rings (SSSR count). The second kappa shape index (κ2) is 14.5. The van der Waals surface area contributed by atoms with Crippen LogP contribution < -0.4 is 29.6 Å². The predicted molar refractivity (Wildman–Crippen MR) is 107 cm³/mol. The Hall–Kier alpha value is -0.490. The van der Waals surface area contributed by atoms with Crippen LogP contribution in [0.25, 0.3) is 6.08 Å². The summed E-state index contributed by atoms with van der Waals surface area (Å²) in [5.74, 6) is 0. The van der Waals surface area contributed by atoms with Crippen molar-refractivity contribution in [2.75, 3.05) is 0 Å². The number of aromatic nitrogens is 1. The van der Waals surface area contributed by atoms with Crippen LogP contribution in [0.15, 0.2) is 36.4 Å². The zero-order valence-electron chi connectivity index (χ0n) is 17.9. The summed E-state index contributed by atoms with van der Waals surface area (Å²) in [6.45, 7) is 2.20. The molecule has 3 atom stereocenters. The van der Waals surface area contributed by atoms with Gasteiger partial charge in [0, 0.05) is 12.1 Å². The van der Waals surface area contributed by atoms with Crippen molar-refractivity contribution in [2.24, 2.45) is 0 Å². The molecule has 0 bridgehead atoms. The van der Waals surface area contributed by atoms with Crippen LogP contribution in [0.1, 0.15) is 71.1 Å². The van der Waals surface area contributed by atoms with Gasteiger partial charge >= 0.3 is 29.6 Å². The number of hydrogen-bond donors (Lipinski definition) is 2. The van der Waals surface area contributed by atoms with Gasteiger partial charge in [-0.2, -0.15) is 0 Å². The first-order valence-corrected chi connectivity index (χ1v) is 9.98. The van der Waals surface area contributed by atoms with Gasteiger partial charge in [0.2, 0.25) is 0 Å². The summed E-state index contributed by atoms with van der Waals surface area (Å²) in [5.41, 5.74) is 1.79. The second-order valence-corrected chi connectivity index (χ2v) is 7.03. The van der Waals surface area contributed by atoms with Crippen molar-refractivity contribution < 1.29 is 45.9 Å². The minimum atomic E-state index is -0.637. The zero-order valence-corrected chi connectivity index (χ0v) is 18.9. The fourth-order valence-corrected chi connectivity index (χ4v) is 3.12. The molecule has 4 nitrogen and oxygen atoms in total. The van der Waals surface area contributed by atoms with Gasteiger partial charge in [0.25, 0.3) is 0 Å². The predicted octanol–water partition coefficient (Wildman–Crippen LogP) is 1.53. The molecular weight excluding hydrogens is 349 g/mol. The largest absolute Gasteiger partial charge is 1.00 e. The zero-order chi connectivity index (χ0) is 18.6. The molecule has 1 fully saturated rings. The molecule has 2 heterocycles. The Balaban J connectivity index is 0.00000364. The van der Waals surface area contributed by atoms with Crippen molar-refractivity contribution >= 4 is 6.08 Å². The second-order valence-electron chi connectivity index (χ2n) is 7.03. The average Bonchev–Trinajstić information content (AvgIpc) is 2.63. The summed E-state index contributed by atoms with van der Waals surface area (Å²) in [7, 11) is 0. The number of unbranched alkanes of at least 4 members (excludes halogenated alkanes) is 3. The Bertz CT molecular complexity index is 583. The number of aliphatic hydroxyl groups excluding tert-OH is 2. The fourth-order valence-electron chi connectivity index (χ4n) is 3.12. The van der Waals surface area contributed by atoms with Crippen LogP contribution in [0, 0.1) is 0 Å². The molecule has 27 heavy (non-hydrogen) atoms. The Morgan fingerprint density at radius 2 is 2.15 bits per heavy atom. The maximum absolute atomic E-state index is 10.1. The summed E-state index contributed by atoms with van der Waals surface area (Å²) < 4.78 is 5.56. The molecule has 0 aliphatic carbocycles. The molecule has 0 radical (unpaired) electrons. The molecule has 5 heteroatoms. The number of allylic oxidation sites excluding steroid dienone is 1. The van der Waals surface area contributed by atoms with Gasteiger partial charge in [0.1, 0.15) is 0 Å². The number of ether oxygens (including phenoxy) is 1. The Kier molecular flexibility index (Phi) is 13.2. The van der Waals surface area contributed by atoms with Crippen molar-refractivity contribution in [1.29, 1.82) is 0 Å². The molecule has 0 aromatic carbocycles. The summed E-state index contributed by atoms with van der Waals surface area (Å²) in [6, 6.07) is 5.89. The molecular formula is C22H34NNaO3. The van der Waals surface area contributed by atoms with E-state index in [2.05, 4.69) is 24.1 Å². The van der Waals surface area contributed by atoms with E-state index in [0.29, 0.717) is 12.8 Å². The first-order chi connectivity index (χ1) is 12.7. The first kappa shape index (κ1) is 24.5. The molecule has 1 aliphatic rings. The van der Waals surface area contributed by atoms with Gasteiger partial charge < -0.3 is 16.4 Å². The van der Waals surface area contributed by atoms with Crippen molar-refractivity contribution in [3.63, 3.8) is 0 Å². The summed E-state index contributed by atoms with van der Waals surface area (Å²) in [6.07, 6.45) is 15.6. The molecule has 3 unspecified atom stereocenters. The molecule has 1 aliphatic heterocycles. The molecule has 0 spiro atoms. The maximum Gasteiger partial charge on any atom is 1.00 e. The van der Waals surface area contributed by atoms with Gasteiger partial charge in [-0.05, 0) is 56.7 Å². The van der Waals surface area contributed by atoms with Crippen LogP contribution in [0.4, 0.5) is 0 Å². The molecule has 1 saturated heterocycles. The molecule has 0 saturated carbocycles. The molecule has 2 N–H and O–H groups in total. The van der Waals surface area contributed by atoms with E-state index < -0.39 is 12.4 Å². The van der Waals surface area contributed by atoms with Crippen molar-refractivity contribution in [3.05, 3.63) is 47.8 Å². The van der Waals surface area contributed by atoms with Crippen molar-refractivity contribution in [3.8, 4) is 0 Å². The van der Waals surface area contributed by atoms with E-state index in [0.717, 1.165) is 37.1 Å². The van der Waals surface area contributed by atoms with Crippen LogP contribution in [-0.2, 0) is 11.2 Å². The maximum atomic E-state index is 10.1. The first-order valence-electron chi connectivity index (χ1n) is 9.98. The molecule has 0 amide bonds. The van der Waals surface area contributed by atoms with E-state index in [1.54, 1.807) is 6.08 Å². The van der Waals surface area contributed by atoms with Crippen LogP contribution in [-0.4, -0.2) is 33.7 Å².